The predicted molar refractivity (Wildman–Crippen MR) is 46.3 cm³/mol. The van der Waals surface area contributed by atoms with Gasteiger partial charge in [-0.1, -0.05) is 11.6 Å². The van der Waals surface area contributed by atoms with Gasteiger partial charge < -0.3 is 0 Å². The van der Waals surface area contributed by atoms with E-state index in [1.807, 2.05) is 6.07 Å². The molecule has 0 saturated carbocycles. The van der Waals surface area contributed by atoms with Crippen molar-refractivity contribution < 1.29 is 0 Å². The molecular weight excluding hydrogens is 227 g/mol. The van der Waals surface area contributed by atoms with Gasteiger partial charge in [-0.15, -0.1) is 0 Å². The van der Waals surface area contributed by atoms with E-state index in [4.69, 9.17) is 16.9 Å². The second kappa shape index (κ2) is 3.70. The fourth-order valence-electron chi connectivity index (χ4n) is 0.657. The van der Waals surface area contributed by atoms with Gasteiger partial charge in [0.2, 0.25) is 0 Å². The Labute approximate surface area is 77.9 Å². The van der Waals surface area contributed by atoms with Crippen LogP contribution in [0.5, 0.6) is 0 Å². The average Bonchev–Trinajstić information content (AvgIpc) is 1.98. The van der Waals surface area contributed by atoms with Crippen LogP contribution in [0.15, 0.2) is 16.7 Å². The molecule has 0 aliphatic rings. The molecule has 0 radical (unpaired) electrons. The summed E-state index contributed by atoms with van der Waals surface area (Å²) >= 11 is 8.93. The van der Waals surface area contributed by atoms with Gasteiger partial charge in [0, 0.05) is 0 Å². The molecule has 1 heterocycles. The van der Waals surface area contributed by atoms with E-state index < -0.39 is 0 Å². The number of hydrogen-bond acceptors (Lipinski definition) is 2. The van der Waals surface area contributed by atoms with Gasteiger partial charge in [-0.05, 0) is 28.1 Å². The van der Waals surface area contributed by atoms with Crippen LogP contribution in [-0.4, -0.2) is 4.98 Å². The minimum atomic E-state index is 0.248. The van der Waals surface area contributed by atoms with E-state index in [2.05, 4.69) is 20.9 Å². The van der Waals surface area contributed by atoms with Gasteiger partial charge in [-0.3, -0.25) is 0 Å². The van der Waals surface area contributed by atoms with Gasteiger partial charge in [0.25, 0.3) is 0 Å². The molecule has 0 N–H and O–H groups in total. The fraction of sp³-hybridized carbons (Fsp3) is 0.143. The van der Waals surface area contributed by atoms with E-state index in [1.54, 1.807) is 12.1 Å². The Kier molecular flexibility index (Phi) is 2.86. The lowest BCUT2D eigenvalue weighted by Crippen LogP contribution is -1.89. The van der Waals surface area contributed by atoms with Crippen molar-refractivity contribution in [3.63, 3.8) is 0 Å². The molecule has 56 valence electrons. The van der Waals surface area contributed by atoms with E-state index in [-0.39, 0.29) is 6.42 Å². The second-order valence-corrected chi connectivity index (χ2v) is 3.12. The Bertz CT molecular complexity index is 306. The normalized spacial score (nSPS) is 9.18. The molecular formula is C7H4BrClN2. The summed E-state index contributed by atoms with van der Waals surface area (Å²) in [6.07, 6.45) is 0.248. The number of aromatic nitrogens is 1. The van der Waals surface area contributed by atoms with Crippen molar-refractivity contribution in [3.05, 3.63) is 27.5 Å². The van der Waals surface area contributed by atoms with Crippen molar-refractivity contribution in [1.82, 2.24) is 4.98 Å². The fourth-order valence-corrected chi connectivity index (χ4v) is 1.17. The van der Waals surface area contributed by atoms with Crippen LogP contribution < -0.4 is 0 Å². The monoisotopic (exact) mass is 230 g/mol. The van der Waals surface area contributed by atoms with Gasteiger partial charge >= 0.3 is 0 Å². The highest BCUT2D eigenvalue weighted by Gasteiger charge is 2.00. The maximum absolute atomic E-state index is 8.37. The van der Waals surface area contributed by atoms with E-state index in [0.717, 1.165) is 0 Å². The minimum Gasteiger partial charge on any atom is -0.243 e. The first-order valence-electron chi connectivity index (χ1n) is 2.92. The summed E-state index contributed by atoms with van der Waals surface area (Å²) in [5.41, 5.74) is 0.614. The third-order valence-corrected chi connectivity index (χ3v) is 1.92. The van der Waals surface area contributed by atoms with Gasteiger partial charge in [0.05, 0.1) is 23.2 Å². The zero-order valence-electron chi connectivity index (χ0n) is 5.51. The van der Waals surface area contributed by atoms with Crippen LogP contribution in [0.3, 0.4) is 0 Å². The van der Waals surface area contributed by atoms with Crippen molar-refractivity contribution in [1.29, 1.82) is 5.26 Å². The third kappa shape index (κ3) is 2.18. The molecule has 0 bridgehead atoms. The topological polar surface area (TPSA) is 36.7 Å². The first-order chi connectivity index (χ1) is 5.24. The van der Waals surface area contributed by atoms with E-state index in [0.29, 0.717) is 15.3 Å². The van der Waals surface area contributed by atoms with Crippen LogP contribution in [0, 0.1) is 11.3 Å². The lowest BCUT2D eigenvalue weighted by molar-refractivity contribution is 1.09. The quantitative estimate of drug-likeness (QED) is 0.697. The Morgan fingerprint density at radius 3 is 3.00 bits per heavy atom. The molecule has 2 nitrogen and oxygen atoms in total. The molecule has 0 aliphatic heterocycles. The molecule has 0 aromatic carbocycles. The highest BCUT2D eigenvalue weighted by molar-refractivity contribution is 9.10. The first-order valence-corrected chi connectivity index (χ1v) is 4.09. The highest BCUT2D eigenvalue weighted by Crippen LogP contribution is 2.16. The summed E-state index contributed by atoms with van der Waals surface area (Å²) < 4.78 is 0.701. The predicted octanol–water partition coefficient (Wildman–Crippen LogP) is 2.56. The number of hydrogen-bond donors (Lipinski definition) is 0. The molecule has 0 unspecified atom stereocenters. The molecule has 0 atom stereocenters. The summed E-state index contributed by atoms with van der Waals surface area (Å²) in [5, 5.41) is 8.91. The maximum atomic E-state index is 8.37. The Balaban J connectivity index is 3.05. The molecule has 0 amide bonds. The largest absolute Gasteiger partial charge is 0.243 e. The van der Waals surface area contributed by atoms with E-state index in [1.165, 1.54) is 0 Å². The van der Waals surface area contributed by atoms with Gasteiger partial charge in [0.15, 0.2) is 0 Å². The standard InChI is InChI=1S/C7H4BrClN2/c8-7-2-1-5(9)6(11-7)3-4-10/h1-2H,3H2. The molecule has 11 heavy (non-hydrogen) atoms. The molecule has 1 aromatic heterocycles. The summed E-state index contributed by atoms with van der Waals surface area (Å²) in [6, 6.07) is 5.44. The second-order valence-electron chi connectivity index (χ2n) is 1.90. The number of nitrogens with zero attached hydrogens (tertiary/aromatic N) is 2. The Morgan fingerprint density at radius 2 is 2.36 bits per heavy atom. The van der Waals surface area contributed by atoms with Crippen LogP contribution in [-0.2, 0) is 6.42 Å². The molecule has 0 spiro atoms. The maximum Gasteiger partial charge on any atom is 0.106 e. The van der Waals surface area contributed by atoms with Crippen molar-refractivity contribution in [3.8, 4) is 6.07 Å². The van der Waals surface area contributed by atoms with Crippen molar-refractivity contribution in [2.45, 2.75) is 6.42 Å². The highest BCUT2D eigenvalue weighted by atomic mass is 79.9. The summed E-state index contributed by atoms with van der Waals surface area (Å²) in [7, 11) is 0. The van der Waals surface area contributed by atoms with Crippen LogP contribution >= 0.6 is 27.5 Å². The Morgan fingerprint density at radius 1 is 1.64 bits per heavy atom. The van der Waals surface area contributed by atoms with Crippen LogP contribution in [0.2, 0.25) is 5.02 Å². The van der Waals surface area contributed by atoms with Crippen LogP contribution in [0.4, 0.5) is 0 Å². The zero-order valence-corrected chi connectivity index (χ0v) is 7.85. The number of rotatable bonds is 1. The average molecular weight is 231 g/mol. The first kappa shape index (κ1) is 8.51. The van der Waals surface area contributed by atoms with Crippen molar-refractivity contribution >= 4 is 27.5 Å². The molecule has 0 fully saturated rings. The van der Waals surface area contributed by atoms with Crippen molar-refractivity contribution in [2.24, 2.45) is 0 Å². The molecule has 0 saturated heterocycles. The number of nitriles is 1. The van der Waals surface area contributed by atoms with Crippen LogP contribution in [0.1, 0.15) is 5.69 Å². The number of halogens is 2. The molecule has 0 aliphatic carbocycles. The SMILES string of the molecule is N#CCc1nc(Br)ccc1Cl. The summed E-state index contributed by atoms with van der Waals surface area (Å²) in [6.45, 7) is 0. The zero-order chi connectivity index (χ0) is 8.27. The Hall–Kier alpha value is -0.590. The molecule has 1 rings (SSSR count). The minimum absolute atomic E-state index is 0.248. The van der Waals surface area contributed by atoms with Gasteiger partial charge in [0.1, 0.15) is 4.60 Å². The van der Waals surface area contributed by atoms with E-state index >= 15 is 0 Å². The lowest BCUT2D eigenvalue weighted by Gasteiger charge is -1.97. The molecule has 1 aromatic rings. The number of pyridine rings is 1. The van der Waals surface area contributed by atoms with Gasteiger partial charge in [-0.25, -0.2) is 4.98 Å². The van der Waals surface area contributed by atoms with Crippen LogP contribution in [0.25, 0.3) is 0 Å². The summed E-state index contributed by atoms with van der Waals surface area (Å²) in [5.74, 6) is 0. The smallest absolute Gasteiger partial charge is 0.106 e. The third-order valence-electron chi connectivity index (χ3n) is 1.13. The summed E-state index contributed by atoms with van der Waals surface area (Å²) in [4.78, 5) is 4.02. The van der Waals surface area contributed by atoms with Gasteiger partial charge in [-0.2, -0.15) is 5.26 Å². The lowest BCUT2D eigenvalue weighted by atomic mass is 10.3. The van der Waals surface area contributed by atoms with E-state index in [9.17, 15) is 0 Å². The molecule has 4 heteroatoms. The van der Waals surface area contributed by atoms with Crippen molar-refractivity contribution in [2.75, 3.05) is 0 Å².